The van der Waals surface area contributed by atoms with Gasteiger partial charge in [0, 0.05) is 31.2 Å². The first-order valence-electron chi connectivity index (χ1n) is 15.3. The summed E-state index contributed by atoms with van der Waals surface area (Å²) in [5.74, 6) is 2.62. The highest BCUT2D eigenvalue weighted by Crippen LogP contribution is 2.58. The summed E-state index contributed by atoms with van der Waals surface area (Å²) in [5, 5.41) is 0. The van der Waals surface area contributed by atoms with Gasteiger partial charge in [0.05, 0.1) is 5.69 Å². The maximum atomic E-state index is 12.5. The van der Waals surface area contributed by atoms with Crippen LogP contribution in [0, 0.1) is 23.8 Å². The van der Waals surface area contributed by atoms with Gasteiger partial charge >= 0.3 is 6.01 Å². The summed E-state index contributed by atoms with van der Waals surface area (Å²) in [5.41, 5.74) is 2.85. The molecule has 1 aromatic rings. The van der Waals surface area contributed by atoms with Gasteiger partial charge in [0.1, 0.15) is 18.5 Å². The van der Waals surface area contributed by atoms with E-state index in [-0.39, 0.29) is 18.5 Å². The predicted octanol–water partition coefficient (Wildman–Crippen LogP) is 4.15. The number of carbonyl (C=O) groups is 1. The van der Waals surface area contributed by atoms with Crippen molar-refractivity contribution in [2.75, 3.05) is 51.3 Å². The number of hydrogen-bond donors (Lipinski definition) is 0. The molecule has 0 N–H and O–H groups in total. The standard InChI is InChI=1S/C31H44N6O2/c1-4-28(38)37-17-16-36(20-24(37)19-32-2)29-25-12-14-31(13-11-22-8-5-6-10-26(22)31)18-27(25)33-30(34-29)39-21-23-9-7-15-35(23)3/h4,22-24,26H,1,5-21H2,3H3/t22?,23-,24-,26?,31+/m0/s1. The first-order valence-corrected chi connectivity index (χ1v) is 15.3. The van der Waals surface area contributed by atoms with Crippen molar-refractivity contribution >= 4 is 11.7 Å². The number of rotatable bonds is 6. The van der Waals surface area contributed by atoms with Crippen molar-refractivity contribution in [2.45, 2.75) is 82.7 Å². The average molecular weight is 533 g/mol. The fourth-order valence-electron chi connectivity index (χ4n) is 8.64. The van der Waals surface area contributed by atoms with Gasteiger partial charge in [-0.05, 0) is 88.3 Å². The molecule has 210 valence electrons. The molecule has 1 spiro atoms. The number of fused-ring (bicyclic) bond motifs is 3. The topological polar surface area (TPSA) is 66.2 Å². The summed E-state index contributed by atoms with van der Waals surface area (Å²) in [7, 11) is 2.17. The second kappa shape index (κ2) is 11.1. The molecule has 2 unspecified atom stereocenters. The fourth-order valence-corrected chi connectivity index (χ4v) is 8.64. The Bertz CT molecular complexity index is 1130. The number of nitrogens with zero attached hydrogens (tertiary/aromatic N) is 6. The van der Waals surface area contributed by atoms with Crippen molar-refractivity contribution in [1.29, 1.82) is 0 Å². The van der Waals surface area contributed by atoms with E-state index < -0.39 is 0 Å². The Morgan fingerprint density at radius 2 is 2.00 bits per heavy atom. The Balaban J connectivity index is 1.30. The maximum Gasteiger partial charge on any atom is 0.318 e. The third-order valence-electron chi connectivity index (χ3n) is 10.8. The van der Waals surface area contributed by atoms with Crippen LogP contribution in [0.3, 0.4) is 0 Å². The average Bonchev–Trinajstić information content (AvgIpc) is 3.54. The number of likely N-dealkylation sites (tertiary alicyclic amines) is 1. The van der Waals surface area contributed by atoms with E-state index in [1.54, 1.807) is 4.90 Å². The van der Waals surface area contributed by atoms with Crippen molar-refractivity contribution in [1.82, 2.24) is 19.8 Å². The quantitative estimate of drug-likeness (QED) is 0.405. The fraction of sp³-hybridized carbons (Fsp3) is 0.742. The van der Waals surface area contributed by atoms with Gasteiger partial charge in [0.25, 0.3) is 0 Å². The Labute approximate surface area is 233 Å². The minimum atomic E-state index is -0.170. The van der Waals surface area contributed by atoms with E-state index in [1.807, 2.05) is 0 Å². The van der Waals surface area contributed by atoms with Gasteiger partial charge in [-0.1, -0.05) is 25.8 Å². The molecular weight excluding hydrogens is 488 g/mol. The summed E-state index contributed by atoms with van der Waals surface area (Å²) in [6.07, 6.45) is 15.3. The highest BCUT2D eigenvalue weighted by atomic mass is 16.5. The van der Waals surface area contributed by atoms with Gasteiger partial charge in [-0.25, -0.2) is 6.57 Å². The number of hydrogen-bond acceptors (Lipinski definition) is 6. The maximum absolute atomic E-state index is 12.5. The number of amides is 1. The lowest BCUT2D eigenvalue weighted by molar-refractivity contribution is -0.128. The largest absolute Gasteiger partial charge is 0.462 e. The lowest BCUT2D eigenvalue weighted by Crippen LogP contribution is -2.56. The smallest absolute Gasteiger partial charge is 0.318 e. The molecule has 8 nitrogen and oxygen atoms in total. The SMILES string of the molecule is [C-]#[N+]C[C@H]1CN(c2nc(OC[C@@H]3CCCN3C)nc3c2CC[C@]2(CCC4CCCCC42)C3)CCN1C(=O)C=C. The van der Waals surface area contributed by atoms with Crippen molar-refractivity contribution in [3.8, 4) is 6.01 Å². The molecule has 2 saturated heterocycles. The van der Waals surface area contributed by atoms with E-state index in [0.717, 1.165) is 43.5 Å². The molecule has 0 radical (unpaired) electrons. The molecule has 5 atom stereocenters. The summed E-state index contributed by atoms with van der Waals surface area (Å²) in [6, 6.07) is 0.746. The van der Waals surface area contributed by atoms with Gasteiger partial charge in [-0.15, -0.1) is 0 Å². The van der Waals surface area contributed by atoms with Gasteiger partial charge in [-0.3, -0.25) is 4.79 Å². The third-order valence-corrected chi connectivity index (χ3v) is 10.8. The van der Waals surface area contributed by atoms with Crippen LogP contribution in [0.2, 0.25) is 0 Å². The molecule has 3 heterocycles. The minimum absolute atomic E-state index is 0.0945. The zero-order valence-corrected chi connectivity index (χ0v) is 23.6. The number of ether oxygens (including phenoxy) is 1. The molecule has 2 aliphatic heterocycles. The molecule has 8 heteroatoms. The van der Waals surface area contributed by atoms with Gasteiger partial charge < -0.3 is 24.3 Å². The molecule has 3 aliphatic carbocycles. The summed E-state index contributed by atoms with van der Waals surface area (Å²) in [6.45, 7) is 15.1. The zero-order chi connectivity index (χ0) is 27.0. The van der Waals surface area contributed by atoms with Crippen LogP contribution < -0.4 is 9.64 Å². The van der Waals surface area contributed by atoms with Crippen LogP contribution in [0.4, 0.5) is 5.82 Å². The van der Waals surface area contributed by atoms with E-state index >= 15 is 0 Å². The minimum Gasteiger partial charge on any atom is -0.462 e. The lowest BCUT2D eigenvalue weighted by Gasteiger charge is -2.44. The Hall–Kier alpha value is -2.66. The molecule has 4 fully saturated rings. The van der Waals surface area contributed by atoms with Gasteiger partial charge in [0.2, 0.25) is 12.5 Å². The van der Waals surface area contributed by atoms with Gasteiger partial charge in [0.15, 0.2) is 0 Å². The Morgan fingerprint density at radius 1 is 1.13 bits per heavy atom. The molecule has 1 aromatic heterocycles. The highest BCUT2D eigenvalue weighted by Gasteiger charge is 2.51. The van der Waals surface area contributed by atoms with Crippen molar-refractivity contribution in [3.05, 3.63) is 35.3 Å². The molecule has 39 heavy (non-hydrogen) atoms. The molecule has 1 amide bonds. The normalized spacial score (nSPS) is 32.5. The zero-order valence-electron chi connectivity index (χ0n) is 23.6. The first-order chi connectivity index (χ1) is 19.0. The van der Waals surface area contributed by atoms with Crippen LogP contribution in [-0.4, -0.2) is 84.1 Å². The number of carbonyl (C=O) groups excluding carboxylic acids is 1. The summed E-state index contributed by atoms with van der Waals surface area (Å²) in [4.78, 5) is 32.8. The Morgan fingerprint density at radius 3 is 2.79 bits per heavy atom. The molecule has 0 bridgehead atoms. The van der Waals surface area contributed by atoms with Crippen LogP contribution >= 0.6 is 0 Å². The number of aromatic nitrogens is 2. The number of anilines is 1. The Kier molecular flexibility index (Phi) is 7.54. The van der Waals surface area contributed by atoms with Crippen molar-refractivity contribution < 1.29 is 9.53 Å². The molecule has 5 aliphatic rings. The van der Waals surface area contributed by atoms with Crippen LogP contribution in [0.1, 0.15) is 69.0 Å². The van der Waals surface area contributed by atoms with E-state index in [2.05, 4.69) is 28.3 Å². The van der Waals surface area contributed by atoms with Crippen LogP contribution in [0.25, 0.3) is 4.85 Å². The molecule has 6 rings (SSSR count). The van der Waals surface area contributed by atoms with E-state index in [9.17, 15) is 4.79 Å². The molecule has 2 saturated carbocycles. The highest BCUT2D eigenvalue weighted by molar-refractivity contribution is 5.87. The van der Waals surface area contributed by atoms with E-state index in [4.69, 9.17) is 21.3 Å². The van der Waals surface area contributed by atoms with Crippen LogP contribution in [0.5, 0.6) is 6.01 Å². The number of likely N-dealkylation sites (N-methyl/N-ethyl adjacent to an activating group) is 1. The van der Waals surface area contributed by atoms with Crippen molar-refractivity contribution in [3.63, 3.8) is 0 Å². The monoisotopic (exact) mass is 532 g/mol. The second-order valence-electron chi connectivity index (χ2n) is 12.7. The van der Waals surface area contributed by atoms with E-state index in [1.165, 1.54) is 68.7 Å². The summed E-state index contributed by atoms with van der Waals surface area (Å²) < 4.78 is 6.35. The first kappa shape index (κ1) is 26.6. The van der Waals surface area contributed by atoms with Crippen molar-refractivity contribution in [2.24, 2.45) is 17.3 Å². The second-order valence-corrected chi connectivity index (χ2v) is 12.7. The lowest BCUT2D eigenvalue weighted by atomic mass is 9.62. The van der Waals surface area contributed by atoms with E-state index in [0.29, 0.717) is 43.7 Å². The molecular formula is C31H44N6O2. The third kappa shape index (κ3) is 5.03. The summed E-state index contributed by atoms with van der Waals surface area (Å²) >= 11 is 0. The van der Waals surface area contributed by atoms with Crippen LogP contribution in [0.15, 0.2) is 12.7 Å². The van der Waals surface area contributed by atoms with Crippen LogP contribution in [-0.2, 0) is 17.6 Å². The molecule has 0 aromatic carbocycles. The number of piperazine rings is 1. The van der Waals surface area contributed by atoms with Gasteiger partial charge in [-0.2, -0.15) is 9.97 Å². The predicted molar refractivity (Wildman–Crippen MR) is 152 cm³/mol.